The molecule has 0 unspecified atom stereocenters. The lowest BCUT2D eigenvalue weighted by Crippen LogP contribution is -2.12. The van der Waals surface area contributed by atoms with E-state index in [1.807, 2.05) is 32.0 Å². The summed E-state index contributed by atoms with van der Waals surface area (Å²) in [6.07, 6.45) is 1.18. The quantitative estimate of drug-likeness (QED) is 0.932. The van der Waals surface area contributed by atoms with Gasteiger partial charge >= 0.3 is 0 Å². The molecule has 2 rings (SSSR count). The van der Waals surface area contributed by atoms with E-state index >= 15 is 0 Å². The number of aromatic nitrogens is 1. The summed E-state index contributed by atoms with van der Waals surface area (Å²) in [5, 5.41) is 4.99. The molecule has 2 N–H and O–H groups in total. The number of hydrogen-bond acceptors (Lipinski definition) is 4. The molecule has 2 aromatic rings. The number of hydrogen-bond donors (Lipinski definition) is 1. The van der Waals surface area contributed by atoms with Crippen molar-refractivity contribution in [1.29, 1.82) is 0 Å². The molecule has 0 aliphatic heterocycles. The highest BCUT2D eigenvalue weighted by Gasteiger charge is 2.09. The van der Waals surface area contributed by atoms with E-state index in [4.69, 9.17) is 9.88 Å². The summed E-state index contributed by atoms with van der Waals surface area (Å²) in [6.45, 7) is 3.93. The summed E-state index contributed by atoms with van der Waals surface area (Å²) in [5.41, 5.74) is 2.12. The van der Waals surface area contributed by atoms with Crippen molar-refractivity contribution in [3.63, 3.8) is 0 Å². The van der Waals surface area contributed by atoms with Gasteiger partial charge in [0, 0.05) is 6.07 Å². The van der Waals surface area contributed by atoms with Crippen LogP contribution in [0.5, 0.6) is 11.6 Å². The number of nitrogens with two attached hydrogens (primary N) is 1. The normalized spacial score (nSPS) is 11.3. The van der Waals surface area contributed by atoms with Gasteiger partial charge in [-0.2, -0.15) is 0 Å². The first kappa shape index (κ1) is 13.5. The molecular formula is C13H14N2O3S. The third kappa shape index (κ3) is 3.10. The molecule has 100 valence electrons. The molecule has 19 heavy (non-hydrogen) atoms. The van der Waals surface area contributed by atoms with Crippen molar-refractivity contribution in [2.75, 3.05) is 0 Å². The first-order valence-corrected chi connectivity index (χ1v) is 7.15. The van der Waals surface area contributed by atoms with E-state index in [1.54, 1.807) is 0 Å². The van der Waals surface area contributed by atoms with Gasteiger partial charge in [-0.25, -0.2) is 18.5 Å². The van der Waals surface area contributed by atoms with Gasteiger partial charge in [-0.1, -0.05) is 12.1 Å². The van der Waals surface area contributed by atoms with Crippen LogP contribution in [0.2, 0.25) is 0 Å². The van der Waals surface area contributed by atoms with Gasteiger partial charge in [0.25, 0.3) is 0 Å². The number of nitrogens with zero attached hydrogens (tertiary/aromatic N) is 1. The molecule has 1 aromatic heterocycles. The molecule has 0 bridgehead atoms. The molecule has 0 aliphatic carbocycles. The Bertz CT molecular complexity index is 694. The molecule has 0 radical (unpaired) electrons. The lowest BCUT2D eigenvalue weighted by Gasteiger charge is -2.09. The summed E-state index contributed by atoms with van der Waals surface area (Å²) < 4.78 is 27.8. The van der Waals surface area contributed by atoms with E-state index in [0.29, 0.717) is 11.6 Å². The minimum atomic E-state index is -3.73. The number of sulfonamides is 1. The molecule has 0 saturated carbocycles. The Labute approximate surface area is 112 Å². The van der Waals surface area contributed by atoms with Crippen LogP contribution in [0.3, 0.4) is 0 Å². The van der Waals surface area contributed by atoms with E-state index < -0.39 is 10.0 Å². The Balaban J connectivity index is 2.27. The molecule has 0 aliphatic rings. The fourth-order valence-electron chi connectivity index (χ4n) is 1.54. The van der Waals surface area contributed by atoms with Crippen LogP contribution in [0.25, 0.3) is 0 Å². The molecule has 0 amide bonds. The second-order valence-corrected chi connectivity index (χ2v) is 5.74. The molecule has 1 aromatic carbocycles. The summed E-state index contributed by atoms with van der Waals surface area (Å²) in [7, 11) is -3.73. The highest BCUT2D eigenvalue weighted by Crippen LogP contribution is 2.25. The Morgan fingerprint density at radius 2 is 1.89 bits per heavy atom. The van der Waals surface area contributed by atoms with Crippen LogP contribution in [0.1, 0.15) is 11.1 Å². The Hall–Kier alpha value is -1.92. The van der Waals surface area contributed by atoms with Gasteiger partial charge in [0.1, 0.15) is 10.6 Å². The van der Waals surface area contributed by atoms with E-state index in [2.05, 4.69) is 4.98 Å². The van der Waals surface area contributed by atoms with E-state index in [9.17, 15) is 8.42 Å². The van der Waals surface area contributed by atoms with Crippen molar-refractivity contribution in [1.82, 2.24) is 4.98 Å². The maximum atomic E-state index is 11.1. The van der Waals surface area contributed by atoms with Crippen LogP contribution >= 0.6 is 0 Å². The molecule has 0 atom stereocenters. The van der Waals surface area contributed by atoms with Crippen LogP contribution in [0.15, 0.2) is 41.4 Å². The average Bonchev–Trinajstić information content (AvgIpc) is 2.35. The van der Waals surface area contributed by atoms with Crippen LogP contribution in [0.4, 0.5) is 0 Å². The van der Waals surface area contributed by atoms with Gasteiger partial charge < -0.3 is 4.74 Å². The van der Waals surface area contributed by atoms with Gasteiger partial charge in [0.2, 0.25) is 15.9 Å². The highest BCUT2D eigenvalue weighted by atomic mass is 32.2. The smallest absolute Gasteiger partial charge is 0.239 e. The fourth-order valence-corrected chi connectivity index (χ4v) is 2.00. The maximum absolute atomic E-state index is 11.1. The lowest BCUT2D eigenvalue weighted by molar-refractivity contribution is 0.458. The minimum Gasteiger partial charge on any atom is -0.439 e. The van der Waals surface area contributed by atoms with E-state index in [1.165, 1.54) is 18.3 Å². The van der Waals surface area contributed by atoms with Crippen LogP contribution in [-0.2, 0) is 10.0 Å². The zero-order valence-electron chi connectivity index (χ0n) is 10.6. The van der Waals surface area contributed by atoms with Gasteiger partial charge in [0.15, 0.2) is 0 Å². The molecule has 1 heterocycles. The monoisotopic (exact) mass is 278 g/mol. The second-order valence-electron chi connectivity index (χ2n) is 4.18. The lowest BCUT2D eigenvalue weighted by atomic mass is 10.1. The molecule has 6 heteroatoms. The van der Waals surface area contributed by atoms with Gasteiger partial charge in [-0.15, -0.1) is 0 Å². The molecule has 0 spiro atoms. The molecule has 0 fully saturated rings. The molecule has 0 saturated heterocycles. The number of primary sulfonamides is 1. The SMILES string of the molecule is Cc1cccc(Oc2ccc(S(N)(=O)=O)cn2)c1C. The standard InChI is InChI=1S/C13H14N2O3S/c1-9-4-3-5-12(10(9)2)18-13-7-6-11(8-15-13)19(14,16)17/h3-8H,1-2H3,(H2,14,16,17). The predicted molar refractivity (Wildman–Crippen MR) is 71.6 cm³/mol. The number of pyridine rings is 1. The van der Waals surface area contributed by atoms with Crippen molar-refractivity contribution in [2.24, 2.45) is 5.14 Å². The first-order valence-electron chi connectivity index (χ1n) is 5.61. The summed E-state index contributed by atoms with van der Waals surface area (Å²) in [4.78, 5) is 3.89. The second kappa shape index (κ2) is 4.99. The van der Waals surface area contributed by atoms with Gasteiger partial charge in [-0.3, -0.25) is 0 Å². The van der Waals surface area contributed by atoms with Gasteiger partial charge in [-0.05, 0) is 37.1 Å². The number of benzene rings is 1. The van der Waals surface area contributed by atoms with Crippen LogP contribution in [0, 0.1) is 13.8 Å². The van der Waals surface area contributed by atoms with Crippen molar-refractivity contribution < 1.29 is 13.2 Å². The number of ether oxygens (including phenoxy) is 1. The van der Waals surface area contributed by atoms with Crippen molar-refractivity contribution in [3.05, 3.63) is 47.7 Å². The Morgan fingerprint density at radius 3 is 2.47 bits per heavy atom. The van der Waals surface area contributed by atoms with Crippen molar-refractivity contribution in [2.45, 2.75) is 18.7 Å². The summed E-state index contributed by atoms with van der Waals surface area (Å²) in [6, 6.07) is 8.54. The van der Waals surface area contributed by atoms with Crippen LogP contribution in [-0.4, -0.2) is 13.4 Å². The number of aryl methyl sites for hydroxylation is 1. The predicted octanol–water partition coefficient (Wildman–Crippen LogP) is 2.14. The number of rotatable bonds is 3. The summed E-state index contributed by atoms with van der Waals surface area (Å²) in [5.74, 6) is 1.01. The largest absolute Gasteiger partial charge is 0.439 e. The Morgan fingerprint density at radius 1 is 1.16 bits per heavy atom. The minimum absolute atomic E-state index is 0.0409. The fraction of sp³-hybridized carbons (Fsp3) is 0.154. The van der Waals surface area contributed by atoms with Crippen molar-refractivity contribution in [3.8, 4) is 11.6 Å². The Kier molecular flexibility index (Phi) is 3.55. The third-order valence-electron chi connectivity index (χ3n) is 2.81. The maximum Gasteiger partial charge on any atom is 0.239 e. The van der Waals surface area contributed by atoms with E-state index in [0.717, 1.165) is 11.1 Å². The third-order valence-corrected chi connectivity index (χ3v) is 3.71. The first-order chi connectivity index (χ1) is 8.88. The highest BCUT2D eigenvalue weighted by molar-refractivity contribution is 7.89. The molecule has 5 nitrogen and oxygen atoms in total. The van der Waals surface area contributed by atoms with Crippen molar-refractivity contribution >= 4 is 10.0 Å². The van der Waals surface area contributed by atoms with E-state index in [-0.39, 0.29) is 4.90 Å². The van der Waals surface area contributed by atoms with Gasteiger partial charge in [0.05, 0.1) is 6.20 Å². The molecular weight excluding hydrogens is 264 g/mol. The van der Waals surface area contributed by atoms with Crippen LogP contribution < -0.4 is 9.88 Å². The average molecular weight is 278 g/mol. The zero-order chi connectivity index (χ0) is 14.0. The summed E-state index contributed by atoms with van der Waals surface area (Å²) >= 11 is 0. The zero-order valence-corrected chi connectivity index (χ0v) is 11.4. The topological polar surface area (TPSA) is 82.3 Å².